The average molecular weight is 289 g/mol. The molecular weight excluding hydrogens is 270 g/mol. The van der Waals surface area contributed by atoms with Gasteiger partial charge in [0, 0.05) is 4.90 Å². The Labute approximate surface area is 123 Å². The number of aryl methyl sites for hydroxylation is 2. The van der Waals surface area contributed by atoms with Gasteiger partial charge in [-0.15, -0.1) is 11.8 Å². The summed E-state index contributed by atoms with van der Waals surface area (Å²) in [5.41, 5.74) is 2.41. The maximum atomic E-state index is 11.9. The molecule has 1 N–H and O–H groups in total. The number of hydrogen-bond donors (Lipinski definition) is 1. The number of amides is 1. The summed E-state index contributed by atoms with van der Waals surface area (Å²) in [6.45, 7) is 6.03. The van der Waals surface area contributed by atoms with Crippen molar-refractivity contribution in [2.75, 3.05) is 5.75 Å². The Balaban J connectivity index is 1.87. The zero-order chi connectivity index (χ0) is 14.5. The first-order valence-electron chi connectivity index (χ1n) is 6.59. The quantitative estimate of drug-likeness (QED) is 0.850. The van der Waals surface area contributed by atoms with Gasteiger partial charge in [-0.1, -0.05) is 17.7 Å². The smallest absolute Gasteiger partial charge is 0.230 e. The molecule has 0 unspecified atom stereocenters. The molecule has 2 aromatic rings. The van der Waals surface area contributed by atoms with E-state index in [1.165, 1.54) is 11.1 Å². The number of rotatable bonds is 5. The highest BCUT2D eigenvalue weighted by molar-refractivity contribution is 8.00. The van der Waals surface area contributed by atoms with E-state index in [0.717, 1.165) is 10.7 Å². The Kier molecular flexibility index (Phi) is 4.90. The first kappa shape index (κ1) is 14.7. The van der Waals surface area contributed by atoms with Gasteiger partial charge in [0.25, 0.3) is 0 Å². The fourth-order valence-corrected chi connectivity index (χ4v) is 2.83. The van der Waals surface area contributed by atoms with Crippen LogP contribution in [0, 0.1) is 13.8 Å². The summed E-state index contributed by atoms with van der Waals surface area (Å²) in [6.07, 6.45) is 1.61. The molecular formula is C16H19NO2S. The van der Waals surface area contributed by atoms with Crippen LogP contribution in [0.25, 0.3) is 0 Å². The lowest BCUT2D eigenvalue weighted by molar-refractivity contribution is -0.119. The highest BCUT2D eigenvalue weighted by Gasteiger charge is 2.12. The van der Waals surface area contributed by atoms with E-state index in [9.17, 15) is 4.79 Å². The first-order chi connectivity index (χ1) is 9.56. The van der Waals surface area contributed by atoms with E-state index in [1.807, 2.05) is 19.1 Å². The lowest BCUT2D eigenvalue weighted by Crippen LogP contribution is -2.27. The molecule has 4 heteroatoms. The monoisotopic (exact) mass is 289 g/mol. The van der Waals surface area contributed by atoms with Crippen molar-refractivity contribution in [3.63, 3.8) is 0 Å². The number of hydrogen-bond acceptors (Lipinski definition) is 3. The van der Waals surface area contributed by atoms with E-state index in [4.69, 9.17) is 4.42 Å². The highest BCUT2D eigenvalue weighted by Crippen LogP contribution is 2.23. The molecule has 0 aliphatic carbocycles. The lowest BCUT2D eigenvalue weighted by atomic mass is 10.2. The van der Waals surface area contributed by atoms with Crippen LogP contribution in [-0.4, -0.2) is 11.7 Å². The molecule has 2 rings (SSSR count). The summed E-state index contributed by atoms with van der Waals surface area (Å²) in [6, 6.07) is 9.87. The maximum absolute atomic E-state index is 11.9. The largest absolute Gasteiger partial charge is 0.467 e. The zero-order valence-corrected chi connectivity index (χ0v) is 12.8. The van der Waals surface area contributed by atoms with E-state index >= 15 is 0 Å². The minimum atomic E-state index is -0.100. The SMILES string of the molecule is Cc1ccc(C)c(SCC(=O)N[C@@H](C)c2ccco2)c1. The van der Waals surface area contributed by atoms with Crippen molar-refractivity contribution < 1.29 is 9.21 Å². The van der Waals surface area contributed by atoms with Gasteiger partial charge in [0.15, 0.2) is 0 Å². The van der Waals surface area contributed by atoms with Crippen LogP contribution in [0.2, 0.25) is 0 Å². The van der Waals surface area contributed by atoms with Gasteiger partial charge in [0.2, 0.25) is 5.91 Å². The molecule has 1 amide bonds. The molecule has 20 heavy (non-hydrogen) atoms. The van der Waals surface area contributed by atoms with Crippen LogP contribution in [0.1, 0.15) is 29.9 Å². The van der Waals surface area contributed by atoms with E-state index in [0.29, 0.717) is 5.75 Å². The van der Waals surface area contributed by atoms with Crippen molar-refractivity contribution in [3.8, 4) is 0 Å². The van der Waals surface area contributed by atoms with Gasteiger partial charge in [-0.25, -0.2) is 0 Å². The molecule has 0 fully saturated rings. The number of nitrogens with one attached hydrogen (secondary N) is 1. The van der Waals surface area contributed by atoms with Crippen molar-refractivity contribution in [2.45, 2.75) is 31.7 Å². The third-order valence-corrected chi connectivity index (χ3v) is 4.21. The van der Waals surface area contributed by atoms with Crippen molar-refractivity contribution in [2.24, 2.45) is 0 Å². The molecule has 3 nitrogen and oxygen atoms in total. The molecule has 0 radical (unpaired) electrons. The standard InChI is InChI=1S/C16H19NO2S/c1-11-6-7-12(2)15(9-11)20-10-16(18)17-13(3)14-5-4-8-19-14/h4-9,13H,10H2,1-3H3,(H,17,18)/t13-/m0/s1. The molecule has 1 aromatic carbocycles. The highest BCUT2D eigenvalue weighted by atomic mass is 32.2. The predicted octanol–water partition coefficient (Wildman–Crippen LogP) is 3.87. The molecule has 1 aromatic heterocycles. The Morgan fingerprint density at radius 3 is 2.85 bits per heavy atom. The van der Waals surface area contributed by atoms with Crippen LogP contribution in [0.3, 0.4) is 0 Å². The summed E-state index contributed by atoms with van der Waals surface area (Å²) in [5, 5.41) is 2.93. The molecule has 0 saturated heterocycles. The van der Waals surface area contributed by atoms with E-state index in [1.54, 1.807) is 18.0 Å². The fraction of sp³-hybridized carbons (Fsp3) is 0.312. The van der Waals surface area contributed by atoms with Gasteiger partial charge in [-0.3, -0.25) is 4.79 Å². The fourth-order valence-electron chi connectivity index (χ4n) is 1.90. The average Bonchev–Trinajstić information content (AvgIpc) is 2.94. The van der Waals surface area contributed by atoms with E-state index in [-0.39, 0.29) is 11.9 Å². The molecule has 0 spiro atoms. The molecule has 0 aliphatic rings. The van der Waals surface area contributed by atoms with Crippen LogP contribution in [0.4, 0.5) is 0 Å². The van der Waals surface area contributed by atoms with Crippen LogP contribution in [-0.2, 0) is 4.79 Å². The lowest BCUT2D eigenvalue weighted by Gasteiger charge is -2.12. The van der Waals surface area contributed by atoms with Crippen LogP contribution in [0.15, 0.2) is 45.9 Å². The molecule has 0 aliphatic heterocycles. The number of benzene rings is 1. The van der Waals surface area contributed by atoms with E-state index in [2.05, 4.69) is 37.4 Å². The Morgan fingerprint density at radius 2 is 2.15 bits per heavy atom. The topological polar surface area (TPSA) is 42.2 Å². The summed E-state index contributed by atoms with van der Waals surface area (Å²) in [7, 11) is 0. The first-order valence-corrected chi connectivity index (χ1v) is 7.57. The Morgan fingerprint density at radius 1 is 1.35 bits per heavy atom. The Bertz CT molecular complexity index is 578. The zero-order valence-electron chi connectivity index (χ0n) is 12.0. The Hall–Kier alpha value is -1.68. The minimum Gasteiger partial charge on any atom is -0.467 e. The van der Waals surface area contributed by atoms with Crippen molar-refractivity contribution in [1.29, 1.82) is 0 Å². The van der Waals surface area contributed by atoms with Crippen LogP contribution < -0.4 is 5.32 Å². The van der Waals surface area contributed by atoms with Gasteiger partial charge in [0.1, 0.15) is 5.76 Å². The summed E-state index contributed by atoms with van der Waals surface area (Å²) < 4.78 is 5.27. The maximum Gasteiger partial charge on any atom is 0.230 e. The molecule has 0 bridgehead atoms. The van der Waals surface area contributed by atoms with Crippen molar-refractivity contribution in [1.82, 2.24) is 5.32 Å². The molecule has 1 atom stereocenters. The third-order valence-electron chi connectivity index (χ3n) is 3.05. The second-order valence-electron chi connectivity index (χ2n) is 4.86. The molecule has 1 heterocycles. The summed E-state index contributed by atoms with van der Waals surface area (Å²) >= 11 is 1.57. The van der Waals surface area contributed by atoms with Crippen molar-refractivity contribution in [3.05, 3.63) is 53.5 Å². The summed E-state index contributed by atoms with van der Waals surface area (Å²) in [5.74, 6) is 1.20. The molecule has 106 valence electrons. The van der Waals surface area contributed by atoms with Crippen LogP contribution in [0.5, 0.6) is 0 Å². The van der Waals surface area contributed by atoms with Gasteiger partial charge in [-0.05, 0) is 44.5 Å². The van der Waals surface area contributed by atoms with E-state index < -0.39 is 0 Å². The second kappa shape index (κ2) is 6.66. The second-order valence-corrected chi connectivity index (χ2v) is 5.88. The predicted molar refractivity (Wildman–Crippen MR) is 81.9 cm³/mol. The normalized spacial score (nSPS) is 12.2. The number of furan rings is 1. The summed E-state index contributed by atoms with van der Waals surface area (Å²) in [4.78, 5) is 13.1. The van der Waals surface area contributed by atoms with Crippen molar-refractivity contribution >= 4 is 17.7 Å². The number of carbonyl (C=O) groups excluding carboxylic acids is 1. The number of thioether (sulfide) groups is 1. The molecule has 0 saturated carbocycles. The van der Waals surface area contributed by atoms with Gasteiger partial charge >= 0.3 is 0 Å². The third kappa shape index (κ3) is 3.90. The van der Waals surface area contributed by atoms with Gasteiger partial charge < -0.3 is 9.73 Å². The van der Waals surface area contributed by atoms with Gasteiger partial charge in [-0.2, -0.15) is 0 Å². The van der Waals surface area contributed by atoms with Gasteiger partial charge in [0.05, 0.1) is 18.1 Å². The number of carbonyl (C=O) groups is 1. The minimum absolute atomic E-state index is 0.0137. The van der Waals surface area contributed by atoms with Crippen LogP contribution >= 0.6 is 11.8 Å².